The van der Waals surface area contributed by atoms with Gasteiger partial charge in [0.25, 0.3) is 0 Å². The molecule has 0 aliphatic heterocycles. The van der Waals surface area contributed by atoms with Crippen LogP contribution in [0.4, 0.5) is 0 Å². The molecule has 1 aromatic heterocycles. The van der Waals surface area contributed by atoms with Gasteiger partial charge < -0.3 is 9.67 Å². The van der Waals surface area contributed by atoms with Gasteiger partial charge in [0.2, 0.25) is 0 Å². The number of aryl methyl sites for hydroxylation is 1. The summed E-state index contributed by atoms with van der Waals surface area (Å²) >= 11 is 2.12. The molecule has 0 saturated carbocycles. The fraction of sp³-hybridized carbons (Fsp3) is 0.154. The van der Waals surface area contributed by atoms with Crippen molar-refractivity contribution in [1.29, 1.82) is 0 Å². The molecule has 1 heterocycles. The molecule has 4 heteroatoms. The third kappa shape index (κ3) is 2.52. The van der Waals surface area contributed by atoms with Crippen LogP contribution in [0, 0.1) is 3.57 Å². The van der Waals surface area contributed by atoms with Gasteiger partial charge in [-0.05, 0) is 52.8 Å². The first kappa shape index (κ1) is 12.2. The van der Waals surface area contributed by atoms with E-state index in [2.05, 4.69) is 29.5 Å². The molecule has 0 amide bonds. The van der Waals surface area contributed by atoms with Crippen LogP contribution in [0.5, 0.6) is 0 Å². The van der Waals surface area contributed by atoms with Gasteiger partial charge in [-0.1, -0.05) is 19.1 Å². The summed E-state index contributed by atoms with van der Waals surface area (Å²) in [6.07, 6.45) is 2.77. The number of halogens is 1. The molecule has 2 aromatic rings. The Balaban J connectivity index is 2.55. The first-order chi connectivity index (χ1) is 8.11. The summed E-state index contributed by atoms with van der Waals surface area (Å²) in [5.74, 6) is -0.908. The predicted molar refractivity (Wildman–Crippen MR) is 74.8 cm³/mol. The van der Waals surface area contributed by atoms with Gasteiger partial charge >= 0.3 is 5.97 Å². The molecule has 0 aliphatic carbocycles. The molecular weight excluding hydrogens is 329 g/mol. The Bertz CT molecular complexity index is 560. The lowest BCUT2D eigenvalue weighted by atomic mass is 10.1. The molecule has 0 saturated heterocycles. The molecule has 0 unspecified atom stereocenters. The number of aromatic nitrogens is 1. The highest BCUT2D eigenvalue weighted by Crippen LogP contribution is 2.18. The fourth-order valence-corrected chi connectivity index (χ4v) is 2.31. The molecule has 0 aliphatic rings. The lowest BCUT2D eigenvalue weighted by molar-refractivity contribution is 0.0688. The van der Waals surface area contributed by atoms with E-state index < -0.39 is 5.97 Å². The standard InChI is InChI=1S/C13H12INO2/c1-2-9-4-3-5-11(6-9)15-8-10(14)7-12(15)13(16)17/h3-8H,2H2,1H3,(H,16,17). The smallest absolute Gasteiger partial charge is 0.352 e. The summed E-state index contributed by atoms with van der Waals surface area (Å²) in [7, 11) is 0. The highest BCUT2D eigenvalue weighted by Gasteiger charge is 2.12. The van der Waals surface area contributed by atoms with Gasteiger partial charge in [0.1, 0.15) is 5.69 Å². The Kier molecular flexibility index (Phi) is 3.51. The zero-order valence-electron chi connectivity index (χ0n) is 9.35. The van der Waals surface area contributed by atoms with Crippen molar-refractivity contribution in [3.8, 4) is 5.69 Å². The van der Waals surface area contributed by atoms with Crippen LogP contribution in [0.15, 0.2) is 36.5 Å². The van der Waals surface area contributed by atoms with Crippen molar-refractivity contribution in [3.63, 3.8) is 0 Å². The topological polar surface area (TPSA) is 42.2 Å². The second-order valence-electron chi connectivity index (χ2n) is 3.74. The van der Waals surface area contributed by atoms with Crippen LogP contribution in [0.1, 0.15) is 23.0 Å². The summed E-state index contributed by atoms with van der Waals surface area (Å²) in [5, 5.41) is 9.14. The highest BCUT2D eigenvalue weighted by atomic mass is 127. The van der Waals surface area contributed by atoms with Crippen molar-refractivity contribution >= 4 is 28.6 Å². The van der Waals surface area contributed by atoms with Crippen LogP contribution >= 0.6 is 22.6 Å². The van der Waals surface area contributed by atoms with Crippen LogP contribution in [-0.4, -0.2) is 15.6 Å². The first-order valence-electron chi connectivity index (χ1n) is 5.32. The zero-order chi connectivity index (χ0) is 12.4. The molecule has 1 N–H and O–H groups in total. The van der Waals surface area contributed by atoms with Gasteiger partial charge in [0.05, 0.1) is 0 Å². The quantitative estimate of drug-likeness (QED) is 0.870. The maximum absolute atomic E-state index is 11.1. The van der Waals surface area contributed by atoms with Gasteiger partial charge in [0.15, 0.2) is 0 Å². The van der Waals surface area contributed by atoms with Crippen molar-refractivity contribution in [2.75, 3.05) is 0 Å². The zero-order valence-corrected chi connectivity index (χ0v) is 11.5. The minimum Gasteiger partial charge on any atom is -0.477 e. The normalized spacial score (nSPS) is 10.5. The number of rotatable bonds is 3. The molecule has 2 rings (SSSR count). The van der Waals surface area contributed by atoms with E-state index in [1.54, 1.807) is 10.6 Å². The van der Waals surface area contributed by atoms with Crippen molar-refractivity contribution in [2.45, 2.75) is 13.3 Å². The molecule has 88 valence electrons. The van der Waals surface area contributed by atoms with E-state index in [-0.39, 0.29) is 0 Å². The van der Waals surface area contributed by atoms with Gasteiger partial charge in [-0.2, -0.15) is 0 Å². The van der Waals surface area contributed by atoms with E-state index in [1.807, 2.05) is 30.5 Å². The molecule has 0 atom stereocenters. The third-order valence-corrected chi connectivity index (χ3v) is 3.19. The summed E-state index contributed by atoms with van der Waals surface area (Å²) in [6, 6.07) is 9.59. The minimum atomic E-state index is -0.908. The van der Waals surface area contributed by atoms with Gasteiger partial charge in [-0.25, -0.2) is 4.79 Å². The van der Waals surface area contributed by atoms with E-state index in [4.69, 9.17) is 5.11 Å². The molecule has 17 heavy (non-hydrogen) atoms. The summed E-state index contributed by atoms with van der Waals surface area (Å²) in [4.78, 5) is 11.1. The Morgan fingerprint density at radius 2 is 2.18 bits per heavy atom. The van der Waals surface area contributed by atoms with Crippen LogP contribution in [0.2, 0.25) is 0 Å². The van der Waals surface area contributed by atoms with Gasteiger partial charge in [-0.15, -0.1) is 0 Å². The number of hydrogen-bond donors (Lipinski definition) is 1. The molecule has 1 aromatic carbocycles. The van der Waals surface area contributed by atoms with Gasteiger partial charge in [-0.3, -0.25) is 0 Å². The van der Waals surface area contributed by atoms with Crippen molar-refractivity contribution in [3.05, 3.63) is 51.4 Å². The molecule has 0 fully saturated rings. The SMILES string of the molecule is CCc1cccc(-n2cc(I)cc2C(=O)O)c1. The van der Waals surface area contributed by atoms with E-state index in [0.29, 0.717) is 5.69 Å². The van der Waals surface area contributed by atoms with Crippen molar-refractivity contribution < 1.29 is 9.90 Å². The monoisotopic (exact) mass is 341 g/mol. The number of hydrogen-bond acceptors (Lipinski definition) is 1. The van der Waals surface area contributed by atoms with E-state index in [1.165, 1.54) is 5.56 Å². The minimum absolute atomic E-state index is 0.294. The largest absolute Gasteiger partial charge is 0.477 e. The second kappa shape index (κ2) is 4.91. The van der Waals surface area contributed by atoms with Gasteiger partial charge in [0, 0.05) is 15.5 Å². The number of aromatic carboxylic acids is 1. The fourth-order valence-electron chi connectivity index (χ4n) is 1.73. The summed E-state index contributed by atoms with van der Waals surface area (Å²) in [6.45, 7) is 2.08. The maximum Gasteiger partial charge on any atom is 0.352 e. The number of benzene rings is 1. The first-order valence-corrected chi connectivity index (χ1v) is 6.40. The predicted octanol–water partition coefficient (Wildman–Crippen LogP) is 3.34. The van der Waals surface area contributed by atoms with E-state index in [0.717, 1.165) is 15.7 Å². The van der Waals surface area contributed by atoms with Crippen molar-refractivity contribution in [2.24, 2.45) is 0 Å². The summed E-state index contributed by atoms with van der Waals surface area (Å²) in [5.41, 5.74) is 2.38. The Hall–Kier alpha value is -1.30. The Morgan fingerprint density at radius 3 is 2.82 bits per heavy atom. The Labute approximate surface area is 113 Å². The number of carbonyl (C=O) groups is 1. The molecule has 0 spiro atoms. The third-order valence-electron chi connectivity index (χ3n) is 2.60. The molecular formula is C13H12INO2. The average Bonchev–Trinajstić information content (AvgIpc) is 2.72. The maximum atomic E-state index is 11.1. The second-order valence-corrected chi connectivity index (χ2v) is 4.99. The lowest BCUT2D eigenvalue weighted by Crippen LogP contribution is -2.05. The Morgan fingerprint density at radius 1 is 1.41 bits per heavy atom. The van der Waals surface area contributed by atoms with Crippen LogP contribution in [0.3, 0.4) is 0 Å². The van der Waals surface area contributed by atoms with E-state index >= 15 is 0 Å². The summed E-state index contributed by atoms with van der Waals surface area (Å²) < 4.78 is 2.63. The average molecular weight is 341 g/mol. The number of nitrogens with zero attached hydrogens (tertiary/aromatic N) is 1. The van der Waals surface area contributed by atoms with Crippen LogP contribution in [0.25, 0.3) is 5.69 Å². The molecule has 0 radical (unpaired) electrons. The number of carboxylic acid groups (broad SMARTS) is 1. The molecule has 3 nitrogen and oxygen atoms in total. The highest BCUT2D eigenvalue weighted by molar-refractivity contribution is 14.1. The van der Waals surface area contributed by atoms with Crippen LogP contribution < -0.4 is 0 Å². The van der Waals surface area contributed by atoms with Crippen LogP contribution in [-0.2, 0) is 6.42 Å². The van der Waals surface area contributed by atoms with E-state index in [9.17, 15) is 4.79 Å². The van der Waals surface area contributed by atoms with Crippen molar-refractivity contribution in [1.82, 2.24) is 4.57 Å². The number of carboxylic acids is 1. The molecule has 0 bridgehead atoms. The lowest BCUT2D eigenvalue weighted by Gasteiger charge is -2.07.